The molecular formula is C13H24O4. The summed E-state index contributed by atoms with van der Waals surface area (Å²) in [4.78, 5) is 10.5. The van der Waals surface area contributed by atoms with Crippen LogP contribution in [0.3, 0.4) is 0 Å². The second-order valence-electron chi connectivity index (χ2n) is 4.42. The third-order valence-electron chi connectivity index (χ3n) is 2.79. The van der Waals surface area contributed by atoms with Gasteiger partial charge in [-0.05, 0) is 38.5 Å². The van der Waals surface area contributed by atoms with Gasteiger partial charge >= 0.3 is 5.97 Å². The normalized spacial score (nSPS) is 20.2. The fourth-order valence-electron chi connectivity index (χ4n) is 1.83. The Hall–Kier alpha value is -0.610. The fourth-order valence-corrected chi connectivity index (χ4v) is 1.83. The highest BCUT2D eigenvalue weighted by molar-refractivity contribution is 5.65. The highest BCUT2D eigenvalue weighted by Gasteiger charge is 2.13. The molecule has 0 spiro atoms. The minimum Gasteiger partial charge on any atom is -0.466 e. The summed E-state index contributed by atoms with van der Waals surface area (Å²) in [5.41, 5.74) is 0. The average Bonchev–Trinajstić information content (AvgIpc) is 2.33. The van der Waals surface area contributed by atoms with Crippen LogP contribution in [-0.2, 0) is 19.0 Å². The van der Waals surface area contributed by atoms with Crippen molar-refractivity contribution < 1.29 is 19.0 Å². The molecule has 0 aliphatic carbocycles. The van der Waals surface area contributed by atoms with E-state index in [4.69, 9.17) is 14.2 Å². The first-order valence-corrected chi connectivity index (χ1v) is 6.65. The number of ether oxygens (including phenoxy) is 3. The van der Waals surface area contributed by atoms with Gasteiger partial charge in [-0.2, -0.15) is 0 Å². The summed E-state index contributed by atoms with van der Waals surface area (Å²) in [5.74, 6) is -0.192. The van der Waals surface area contributed by atoms with Gasteiger partial charge in [0, 0.05) is 20.1 Å². The van der Waals surface area contributed by atoms with E-state index in [0.29, 0.717) is 6.61 Å². The lowest BCUT2D eigenvalue weighted by molar-refractivity contribution is -0.162. The molecule has 0 aromatic rings. The lowest BCUT2D eigenvalue weighted by Gasteiger charge is -2.22. The van der Waals surface area contributed by atoms with Crippen molar-refractivity contribution in [3.63, 3.8) is 0 Å². The van der Waals surface area contributed by atoms with Gasteiger partial charge in [-0.1, -0.05) is 6.42 Å². The molecule has 1 atom stereocenters. The van der Waals surface area contributed by atoms with Crippen molar-refractivity contribution in [3.05, 3.63) is 0 Å². The number of unbranched alkanes of at least 4 members (excludes halogenated alkanes) is 3. The first-order chi connectivity index (χ1) is 8.29. The Morgan fingerprint density at radius 1 is 1.18 bits per heavy atom. The maximum absolute atomic E-state index is 10.5. The number of hydrogen-bond donors (Lipinski definition) is 0. The third kappa shape index (κ3) is 8.16. The van der Waals surface area contributed by atoms with Crippen molar-refractivity contribution in [1.82, 2.24) is 0 Å². The average molecular weight is 244 g/mol. The molecule has 0 bridgehead atoms. The van der Waals surface area contributed by atoms with Gasteiger partial charge in [-0.3, -0.25) is 4.79 Å². The molecule has 1 heterocycles. The molecule has 100 valence electrons. The van der Waals surface area contributed by atoms with Gasteiger partial charge in [0.1, 0.15) is 0 Å². The molecule has 0 radical (unpaired) electrons. The molecule has 4 heteroatoms. The number of esters is 1. The van der Waals surface area contributed by atoms with Gasteiger partial charge in [0.15, 0.2) is 6.29 Å². The first kappa shape index (κ1) is 14.5. The summed E-state index contributed by atoms with van der Waals surface area (Å²) in [7, 11) is 0. The second kappa shape index (κ2) is 9.42. The van der Waals surface area contributed by atoms with Crippen LogP contribution in [0.4, 0.5) is 0 Å². The third-order valence-corrected chi connectivity index (χ3v) is 2.79. The minimum atomic E-state index is -0.192. The summed E-state index contributed by atoms with van der Waals surface area (Å²) >= 11 is 0. The summed E-state index contributed by atoms with van der Waals surface area (Å²) in [5, 5.41) is 0. The van der Waals surface area contributed by atoms with E-state index in [1.54, 1.807) is 0 Å². The molecule has 0 amide bonds. The van der Waals surface area contributed by atoms with Gasteiger partial charge in [-0.25, -0.2) is 0 Å². The van der Waals surface area contributed by atoms with Crippen LogP contribution in [0.2, 0.25) is 0 Å². The molecule has 1 saturated heterocycles. The molecule has 1 aliphatic heterocycles. The van der Waals surface area contributed by atoms with E-state index >= 15 is 0 Å². The van der Waals surface area contributed by atoms with Gasteiger partial charge in [0.2, 0.25) is 0 Å². The van der Waals surface area contributed by atoms with Gasteiger partial charge < -0.3 is 14.2 Å². The first-order valence-electron chi connectivity index (χ1n) is 6.65. The molecule has 4 nitrogen and oxygen atoms in total. The van der Waals surface area contributed by atoms with Crippen molar-refractivity contribution in [2.45, 2.75) is 58.2 Å². The quantitative estimate of drug-likeness (QED) is 0.486. The van der Waals surface area contributed by atoms with Crippen molar-refractivity contribution in [2.24, 2.45) is 0 Å². The Labute approximate surface area is 104 Å². The molecule has 1 rings (SSSR count). The summed E-state index contributed by atoms with van der Waals surface area (Å²) < 4.78 is 15.9. The van der Waals surface area contributed by atoms with E-state index < -0.39 is 0 Å². The SMILES string of the molecule is CC(=O)OCCCCCCOC1CCCCO1. The summed E-state index contributed by atoms with van der Waals surface area (Å²) in [6, 6.07) is 0. The number of carbonyl (C=O) groups is 1. The Bertz CT molecular complexity index is 200. The minimum absolute atomic E-state index is 0.0322. The van der Waals surface area contributed by atoms with Gasteiger partial charge in [0.05, 0.1) is 6.61 Å². The molecular weight excluding hydrogens is 220 g/mol. The number of carbonyl (C=O) groups excluding carboxylic acids is 1. The molecule has 1 unspecified atom stereocenters. The summed E-state index contributed by atoms with van der Waals surface area (Å²) in [6.45, 7) is 3.60. The van der Waals surface area contributed by atoms with Crippen LogP contribution >= 0.6 is 0 Å². The zero-order valence-electron chi connectivity index (χ0n) is 10.8. The molecule has 0 N–H and O–H groups in total. The molecule has 0 saturated carbocycles. The van der Waals surface area contributed by atoms with Crippen LogP contribution in [0.15, 0.2) is 0 Å². The maximum atomic E-state index is 10.5. The Kier molecular flexibility index (Phi) is 8.01. The predicted octanol–water partition coefficient (Wildman–Crippen LogP) is 2.65. The predicted molar refractivity (Wildman–Crippen MR) is 64.6 cm³/mol. The van der Waals surface area contributed by atoms with Gasteiger partial charge in [0.25, 0.3) is 0 Å². The Balaban J connectivity index is 1.79. The van der Waals surface area contributed by atoms with Crippen molar-refractivity contribution >= 4 is 5.97 Å². The molecule has 1 aliphatic rings. The van der Waals surface area contributed by atoms with E-state index in [9.17, 15) is 4.79 Å². The Morgan fingerprint density at radius 2 is 1.94 bits per heavy atom. The second-order valence-corrected chi connectivity index (χ2v) is 4.42. The van der Waals surface area contributed by atoms with E-state index in [1.807, 2.05) is 0 Å². The smallest absolute Gasteiger partial charge is 0.302 e. The Morgan fingerprint density at radius 3 is 2.59 bits per heavy atom. The van der Waals surface area contributed by atoms with Crippen LogP contribution < -0.4 is 0 Å². The van der Waals surface area contributed by atoms with Crippen LogP contribution in [-0.4, -0.2) is 32.1 Å². The van der Waals surface area contributed by atoms with E-state index in [0.717, 1.165) is 51.7 Å². The van der Waals surface area contributed by atoms with E-state index in [1.165, 1.54) is 13.3 Å². The topological polar surface area (TPSA) is 44.8 Å². The monoisotopic (exact) mass is 244 g/mol. The standard InChI is InChI=1S/C13H24O4/c1-12(14)15-9-5-2-3-6-10-16-13-8-4-7-11-17-13/h13H,2-11H2,1H3. The van der Waals surface area contributed by atoms with Crippen LogP contribution in [0.5, 0.6) is 0 Å². The highest BCUT2D eigenvalue weighted by Crippen LogP contribution is 2.14. The maximum Gasteiger partial charge on any atom is 0.302 e. The summed E-state index contributed by atoms with van der Waals surface area (Å²) in [6.07, 6.45) is 7.65. The zero-order chi connectivity index (χ0) is 12.3. The molecule has 1 fully saturated rings. The van der Waals surface area contributed by atoms with Crippen molar-refractivity contribution in [2.75, 3.05) is 19.8 Å². The van der Waals surface area contributed by atoms with Gasteiger partial charge in [-0.15, -0.1) is 0 Å². The van der Waals surface area contributed by atoms with Crippen LogP contribution in [0.1, 0.15) is 51.9 Å². The highest BCUT2D eigenvalue weighted by atomic mass is 16.7. The molecule has 0 aromatic carbocycles. The molecule has 0 aromatic heterocycles. The van der Waals surface area contributed by atoms with Crippen molar-refractivity contribution in [3.8, 4) is 0 Å². The van der Waals surface area contributed by atoms with Crippen molar-refractivity contribution in [1.29, 1.82) is 0 Å². The van der Waals surface area contributed by atoms with E-state index in [-0.39, 0.29) is 12.3 Å². The lowest BCUT2D eigenvalue weighted by atomic mass is 10.2. The van der Waals surface area contributed by atoms with Crippen LogP contribution in [0, 0.1) is 0 Å². The largest absolute Gasteiger partial charge is 0.466 e. The molecule has 17 heavy (non-hydrogen) atoms. The number of rotatable bonds is 8. The fraction of sp³-hybridized carbons (Fsp3) is 0.923. The zero-order valence-corrected chi connectivity index (χ0v) is 10.8. The lowest BCUT2D eigenvalue weighted by Crippen LogP contribution is -2.22. The van der Waals surface area contributed by atoms with Crippen LogP contribution in [0.25, 0.3) is 0 Å². The number of hydrogen-bond acceptors (Lipinski definition) is 4. The van der Waals surface area contributed by atoms with E-state index in [2.05, 4.69) is 0 Å².